The Morgan fingerprint density at radius 1 is 1.47 bits per heavy atom. The number of nitrogen functional groups attached to an aromatic ring is 1. The van der Waals surface area contributed by atoms with Gasteiger partial charge in [0.1, 0.15) is 5.69 Å². The number of aromatic nitrogens is 1. The van der Waals surface area contributed by atoms with Gasteiger partial charge in [0.25, 0.3) is 5.91 Å². The number of nitrogens with one attached hydrogen (secondary N) is 1. The van der Waals surface area contributed by atoms with Crippen LogP contribution in [0.25, 0.3) is 0 Å². The molecule has 1 amide bonds. The highest BCUT2D eigenvalue weighted by Gasteiger charge is 2.27. The van der Waals surface area contributed by atoms with Gasteiger partial charge in [0.15, 0.2) is 0 Å². The monoisotopic (exact) mass is 264 g/mol. The van der Waals surface area contributed by atoms with Crippen molar-refractivity contribution in [3.63, 3.8) is 0 Å². The minimum atomic E-state index is 0.0275. The van der Waals surface area contributed by atoms with Crippen molar-refractivity contribution in [2.24, 2.45) is 0 Å². The van der Waals surface area contributed by atoms with Gasteiger partial charge in [0.2, 0.25) is 0 Å². The molecule has 1 aliphatic rings. The number of piperidine rings is 1. The lowest BCUT2D eigenvalue weighted by molar-refractivity contribution is 0.0610. The predicted octanol–water partition coefficient (Wildman–Crippen LogP) is 1.54. The smallest absolute Gasteiger partial charge is 0.270 e. The first-order valence-corrected chi connectivity index (χ1v) is 6.94. The van der Waals surface area contributed by atoms with Gasteiger partial charge in [-0.05, 0) is 32.8 Å². The second-order valence-corrected chi connectivity index (χ2v) is 5.62. The zero-order valence-corrected chi connectivity index (χ0v) is 12.0. The summed E-state index contributed by atoms with van der Waals surface area (Å²) in [5, 5.41) is 0. The molecule has 2 rings (SSSR count). The highest BCUT2D eigenvalue weighted by molar-refractivity contribution is 5.93. The molecule has 106 valence electrons. The Hall–Kier alpha value is -1.49. The molecular weight excluding hydrogens is 240 g/mol. The van der Waals surface area contributed by atoms with Crippen molar-refractivity contribution in [1.82, 2.24) is 14.8 Å². The summed E-state index contributed by atoms with van der Waals surface area (Å²) in [6, 6.07) is 2.61. The number of amides is 1. The molecule has 0 spiro atoms. The molecule has 0 bridgehead atoms. The predicted molar refractivity (Wildman–Crippen MR) is 77.0 cm³/mol. The Balaban J connectivity index is 1.94. The normalized spacial score (nSPS) is 17.9. The first-order valence-electron chi connectivity index (χ1n) is 6.94. The van der Waals surface area contributed by atoms with Crippen LogP contribution in [-0.2, 0) is 0 Å². The molecule has 0 radical (unpaired) electrons. The van der Waals surface area contributed by atoms with E-state index in [1.165, 1.54) is 0 Å². The third kappa shape index (κ3) is 3.10. The highest BCUT2D eigenvalue weighted by atomic mass is 16.2. The van der Waals surface area contributed by atoms with Gasteiger partial charge in [0.05, 0.1) is 0 Å². The van der Waals surface area contributed by atoms with Gasteiger partial charge in [0, 0.05) is 44.1 Å². The van der Waals surface area contributed by atoms with Crippen molar-refractivity contribution in [3.8, 4) is 0 Å². The standard InChI is InChI=1S/C14H24N4O/c1-10(2)18-6-4-12(5-7-18)17(3)14(19)13-8-11(15)9-16-13/h8-10,12,16H,4-7,15H2,1-3H3. The van der Waals surface area contributed by atoms with E-state index in [0.717, 1.165) is 25.9 Å². The third-order valence-corrected chi connectivity index (χ3v) is 4.03. The van der Waals surface area contributed by atoms with Crippen molar-refractivity contribution in [3.05, 3.63) is 18.0 Å². The number of nitrogens with zero attached hydrogens (tertiary/aromatic N) is 2. The van der Waals surface area contributed by atoms with Gasteiger partial charge >= 0.3 is 0 Å². The molecule has 5 nitrogen and oxygen atoms in total. The Morgan fingerprint density at radius 3 is 2.58 bits per heavy atom. The van der Waals surface area contributed by atoms with Crippen LogP contribution >= 0.6 is 0 Å². The summed E-state index contributed by atoms with van der Waals surface area (Å²) in [5.41, 5.74) is 6.82. The molecule has 0 saturated carbocycles. The number of anilines is 1. The molecule has 19 heavy (non-hydrogen) atoms. The average molecular weight is 264 g/mol. The molecule has 2 heterocycles. The molecule has 5 heteroatoms. The van der Waals surface area contributed by atoms with Gasteiger partial charge < -0.3 is 20.5 Å². The van der Waals surface area contributed by atoms with Crippen LogP contribution in [0.15, 0.2) is 12.3 Å². The summed E-state index contributed by atoms with van der Waals surface area (Å²) in [7, 11) is 1.88. The fourth-order valence-electron chi connectivity index (χ4n) is 2.68. The van der Waals surface area contributed by atoms with Crippen molar-refractivity contribution in [2.75, 3.05) is 25.9 Å². The fraction of sp³-hybridized carbons (Fsp3) is 0.643. The van der Waals surface area contributed by atoms with E-state index in [1.54, 1.807) is 12.3 Å². The number of hydrogen-bond acceptors (Lipinski definition) is 3. The van der Waals surface area contributed by atoms with Gasteiger partial charge in [-0.3, -0.25) is 4.79 Å². The number of likely N-dealkylation sites (tertiary alicyclic amines) is 1. The number of rotatable bonds is 3. The van der Waals surface area contributed by atoms with Gasteiger partial charge in [-0.15, -0.1) is 0 Å². The molecule has 1 fully saturated rings. The van der Waals surface area contributed by atoms with Crippen molar-refractivity contribution < 1.29 is 4.79 Å². The second-order valence-electron chi connectivity index (χ2n) is 5.62. The zero-order valence-electron chi connectivity index (χ0n) is 12.0. The van der Waals surface area contributed by atoms with Crippen molar-refractivity contribution >= 4 is 11.6 Å². The maximum absolute atomic E-state index is 12.3. The molecule has 0 aromatic carbocycles. The second kappa shape index (κ2) is 5.65. The van der Waals surface area contributed by atoms with E-state index in [-0.39, 0.29) is 5.91 Å². The third-order valence-electron chi connectivity index (χ3n) is 4.03. The molecule has 1 aromatic rings. The molecule has 3 N–H and O–H groups in total. The Kier molecular flexibility index (Phi) is 4.14. The Morgan fingerprint density at radius 2 is 2.11 bits per heavy atom. The first-order chi connectivity index (χ1) is 8.99. The number of carbonyl (C=O) groups excluding carboxylic acids is 1. The van der Waals surface area contributed by atoms with Gasteiger partial charge in [-0.25, -0.2) is 0 Å². The molecule has 0 unspecified atom stereocenters. The van der Waals surface area contributed by atoms with E-state index in [9.17, 15) is 4.79 Å². The number of nitrogens with two attached hydrogens (primary N) is 1. The minimum absolute atomic E-state index is 0.0275. The summed E-state index contributed by atoms with van der Waals surface area (Å²) >= 11 is 0. The van der Waals surface area contributed by atoms with Crippen molar-refractivity contribution in [2.45, 2.75) is 38.8 Å². The lowest BCUT2D eigenvalue weighted by atomic mass is 10.0. The lowest BCUT2D eigenvalue weighted by Crippen LogP contribution is -2.47. The first kappa shape index (κ1) is 13.9. The zero-order chi connectivity index (χ0) is 14.0. The van der Waals surface area contributed by atoms with Crippen LogP contribution in [0, 0.1) is 0 Å². The van der Waals surface area contributed by atoms with Gasteiger partial charge in [-0.1, -0.05) is 0 Å². The minimum Gasteiger partial charge on any atom is -0.397 e. The summed E-state index contributed by atoms with van der Waals surface area (Å²) in [4.78, 5) is 19.5. The van der Waals surface area contributed by atoms with Crippen LogP contribution in [0.3, 0.4) is 0 Å². The Labute approximate surface area is 114 Å². The van der Waals surface area contributed by atoms with E-state index in [2.05, 4.69) is 23.7 Å². The summed E-state index contributed by atoms with van der Waals surface area (Å²) < 4.78 is 0. The number of H-pyrrole nitrogens is 1. The molecule has 1 saturated heterocycles. The van der Waals surface area contributed by atoms with E-state index in [0.29, 0.717) is 23.5 Å². The van der Waals surface area contributed by atoms with Crippen LogP contribution in [0.5, 0.6) is 0 Å². The van der Waals surface area contributed by atoms with Crippen molar-refractivity contribution in [1.29, 1.82) is 0 Å². The van der Waals surface area contributed by atoms with Gasteiger partial charge in [-0.2, -0.15) is 0 Å². The summed E-state index contributed by atoms with van der Waals surface area (Å²) in [6.45, 7) is 6.56. The lowest BCUT2D eigenvalue weighted by Gasteiger charge is -2.38. The Bertz CT molecular complexity index is 432. The van der Waals surface area contributed by atoms with E-state index >= 15 is 0 Å². The number of carbonyl (C=O) groups is 1. The fourth-order valence-corrected chi connectivity index (χ4v) is 2.68. The van der Waals surface area contributed by atoms with E-state index < -0.39 is 0 Å². The quantitative estimate of drug-likeness (QED) is 0.870. The van der Waals surface area contributed by atoms with E-state index in [4.69, 9.17) is 5.73 Å². The molecular formula is C14H24N4O. The largest absolute Gasteiger partial charge is 0.397 e. The molecule has 1 aliphatic heterocycles. The molecule has 1 aromatic heterocycles. The maximum Gasteiger partial charge on any atom is 0.270 e. The topological polar surface area (TPSA) is 65.4 Å². The number of aromatic amines is 1. The number of hydrogen-bond donors (Lipinski definition) is 2. The van der Waals surface area contributed by atoms with Crippen LogP contribution in [0.1, 0.15) is 37.2 Å². The highest BCUT2D eigenvalue weighted by Crippen LogP contribution is 2.19. The average Bonchev–Trinajstić information content (AvgIpc) is 2.84. The molecule has 0 aliphatic carbocycles. The van der Waals surface area contributed by atoms with E-state index in [1.807, 2.05) is 11.9 Å². The summed E-state index contributed by atoms with van der Waals surface area (Å²) in [5.74, 6) is 0.0275. The van der Waals surface area contributed by atoms with Crippen LogP contribution < -0.4 is 5.73 Å². The van der Waals surface area contributed by atoms with Crippen LogP contribution in [-0.4, -0.2) is 52.9 Å². The summed E-state index contributed by atoms with van der Waals surface area (Å²) in [6.07, 6.45) is 3.73. The van der Waals surface area contributed by atoms with Crippen LogP contribution in [0.2, 0.25) is 0 Å². The SMILES string of the molecule is CC(C)N1CCC(N(C)C(=O)c2cc(N)c[nH]2)CC1. The maximum atomic E-state index is 12.3. The van der Waals surface area contributed by atoms with Crippen LogP contribution in [0.4, 0.5) is 5.69 Å². The molecule has 0 atom stereocenters.